The van der Waals surface area contributed by atoms with E-state index >= 15 is 0 Å². The topological polar surface area (TPSA) is 206 Å². The van der Waals surface area contributed by atoms with Crippen LogP contribution in [0.5, 0.6) is 0 Å². The van der Waals surface area contributed by atoms with Gasteiger partial charge in [-0.1, -0.05) is 71.7 Å². The molecule has 5 fully saturated rings. The molecule has 9 rings (SSSR count). The summed E-state index contributed by atoms with van der Waals surface area (Å²) in [7, 11) is -6.05. The highest BCUT2D eigenvalue weighted by molar-refractivity contribution is 7.91. The lowest BCUT2D eigenvalue weighted by atomic mass is 9.67. The zero-order valence-electron chi connectivity index (χ0n) is 42.2. The fourth-order valence-electron chi connectivity index (χ4n) is 11.4. The Labute approximate surface area is 433 Å². The summed E-state index contributed by atoms with van der Waals surface area (Å²) in [6.07, 6.45) is 7.67. The minimum absolute atomic E-state index is 0.0486. The van der Waals surface area contributed by atoms with Crippen molar-refractivity contribution in [2.24, 2.45) is 17.8 Å². The molecule has 2 aromatic carbocycles. The first-order valence-electron chi connectivity index (χ1n) is 25.7. The van der Waals surface area contributed by atoms with Crippen LogP contribution in [0, 0.1) is 40.4 Å². The molecule has 4 aromatic rings. The van der Waals surface area contributed by atoms with Gasteiger partial charge >= 0.3 is 0 Å². The number of carbonyl (C=O) groups excluding carboxylic acids is 2. The van der Waals surface area contributed by atoms with Crippen LogP contribution in [0.3, 0.4) is 0 Å². The Morgan fingerprint density at radius 3 is 1.69 bits per heavy atom. The molecule has 5 unspecified atom stereocenters. The molecule has 2 amide bonds. The van der Waals surface area contributed by atoms with Gasteiger partial charge in [-0.15, -0.1) is 22.7 Å². The summed E-state index contributed by atoms with van der Waals surface area (Å²) in [4.78, 5) is 45.7. The van der Waals surface area contributed by atoms with E-state index in [-0.39, 0.29) is 70.5 Å². The Balaban J connectivity index is 1.02. The predicted molar refractivity (Wildman–Crippen MR) is 286 cm³/mol. The van der Waals surface area contributed by atoms with E-state index in [0.717, 1.165) is 92.2 Å². The number of carbonyl (C=O) groups is 2. The SMILES string of the molecule is CC(C)(C)c1nc(C2CCC(CC(C)(C)c3nc(C4CCCCC4C(=O)NCC#N)c(-c4ccc(N5CCS(=O)(=O)CC5)cc4)s3)CC2C(=O)NC2(C#N)CC2)c(-c2ccc(N3CCS(=O)(=O)CC3)cc2)s1. The van der Waals surface area contributed by atoms with E-state index < -0.39 is 36.5 Å². The highest BCUT2D eigenvalue weighted by atomic mass is 32.2. The number of sulfone groups is 2. The van der Waals surface area contributed by atoms with Crippen molar-refractivity contribution in [2.45, 2.75) is 127 Å². The second-order valence-electron chi connectivity index (χ2n) is 22.6. The lowest BCUT2D eigenvalue weighted by molar-refractivity contribution is -0.128. The first-order valence-corrected chi connectivity index (χ1v) is 31.0. The molecular weight excluding hydrogens is 985 g/mol. The van der Waals surface area contributed by atoms with E-state index in [9.17, 15) is 36.9 Å². The highest BCUT2D eigenvalue weighted by Gasteiger charge is 2.49. The molecule has 2 saturated heterocycles. The van der Waals surface area contributed by atoms with Gasteiger partial charge in [0.2, 0.25) is 11.8 Å². The van der Waals surface area contributed by atoms with Crippen LogP contribution in [0.25, 0.3) is 20.9 Å². The van der Waals surface area contributed by atoms with Crippen molar-refractivity contribution in [3.05, 3.63) is 69.9 Å². The van der Waals surface area contributed by atoms with Crippen LogP contribution >= 0.6 is 22.7 Å². The molecule has 3 saturated carbocycles. The monoisotopic (exact) mass is 1050 g/mol. The molecule has 5 atom stereocenters. The number of hydrogen-bond acceptors (Lipinski definition) is 14. The molecule has 0 bridgehead atoms. The summed E-state index contributed by atoms with van der Waals surface area (Å²) in [5.74, 6) is -0.570. The molecule has 3 aliphatic carbocycles. The summed E-state index contributed by atoms with van der Waals surface area (Å²) in [6, 6.07) is 21.1. The van der Waals surface area contributed by atoms with Crippen LogP contribution < -0.4 is 20.4 Å². The van der Waals surface area contributed by atoms with Crippen molar-refractivity contribution in [1.29, 1.82) is 10.5 Å². The summed E-state index contributed by atoms with van der Waals surface area (Å²) >= 11 is 3.35. The van der Waals surface area contributed by atoms with E-state index in [2.05, 4.69) is 116 Å². The Bertz CT molecular complexity index is 2950. The molecule has 2 aromatic heterocycles. The molecule has 2 N–H and O–H groups in total. The summed E-state index contributed by atoms with van der Waals surface area (Å²) < 4.78 is 48.8. The quantitative estimate of drug-likeness (QED) is 0.121. The number of nitrogens with one attached hydrogen (secondary N) is 2. The lowest BCUT2D eigenvalue weighted by Crippen LogP contribution is -2.44. The van der Waals surface area contributed by atoms with Crippen LogP contribution in [0.15, 0.2) is 48.5 Å². The van der Waals surface area contributed by atoms with Gasteiger partial charge in [-0.2, -0.15) is 10.5 Å². The fourth-order valence-corrected chi connectivity index (χ4v) is 16.3. The van der Waals surface area contributed by atoms with E-state index in [1.165, 1.54) is 0 Å². The molecule has 384 valence electrons. The number of aromatic nitrogens is 2. The minimum Gasteiger partial charge on any atom is -0.369 e. The Morgan fingerprint density at radius 1 is 0.694 bits per heavy atom. The molecular formula is C54H68N8O6S4. The number of nitriles is 2. The smallest absolute Gasteiger partial charge is 0.225 e. The summed E-state index contributed by atoms with van der Waals surface area (Å²) in [5.41, 5.74) is 4.30. The minimum atomic E-state index is -3.03. The first kappa shape index (κ1) is 52.0. The Kier molecular flexibility index (Phi) is 14.8. The van der Waals surface area contributed by atoms with Crippen molar-refractivity contribution >= 4 is 65.5 Å². The van der Waals surface area contributed by atoms with Gasteiger partial charge in [-0.25, -0.2) is 26.8 Å². The van der Waals surface area contributed by atoms with Gasteiger partial charge in [-0.05, 0) is 92.7 Å². The first-order chi connectivity index (χ1) is 34.2. The molecule has 0 spiro atoms. The van der Waals surface area contributed by atoms with E-state index in [4.69, 9.17) is 9.97 Å². The maximum atomic E-state index is 14.8. The molecule has 14 nitrogen and oxygen atoms in total. The van der Waals surface area contributed by atoms with E-state index in [1.807, 2.05) is 0 Å². The molecule has 5 aliphatic rings. The molecule has 2 aliphatic heterocycles. The molecule has 0 radical (unpaired) electrons. The van der Waals surface area contributed by atoms with Crippen LogP contribution in [0.1, 0.15) is 132 Å². The molecule has 4 heterocycles. The number of amides is 2. The zero-order valence-corrected chi connectivity index (χ0v) is 45.5. The van der Waals surface area contributed by atoms with E-state index in [0.29, 0.717) is 51.9 Å². The van der Waals surface area contributed by atoms with Gasteiger partial charge in [0.25, 0.3) is 0 Å². The van der Waals surface area contributed by atoms with Crippen LogP contribution in [-0.2, 0) is 40.1 Å². The van der Waals surface area contributed by atoms with Gasteiger partial charge in [0.05, 0.1) is 66.3 Å². The van der Waals surface area contributed by atoms with Crippen molar-refractivity contribution in [3.8, 4) is 33.0 Å². The molecule has 18 heteroatoms. The zero-order chi connectivity index (χ0) is 51.2. The normalized spacial score (nSPS) is 24.9. The average molecular weight is 1050 g/mol. The number of benzene rings is 2. The predicted octanol–water partition coefficient (Wildman–Crippen LogP) is 8.65. The third-order valence-electron chi connectivity index (χ3n) is 15.8. The second kappa shape index (κ2) is 20.4. The largest absolute Gasteiger partial charge is 0.369 e. The average Bonchev–Trinajstić information content (AvgIpc) is 3.72. The summed E-state index contributed by atoms with van der Waals surface area (Å²) in [6.45, 7) is 12.7. The third-order valence-corrected chi connectivity index (χ3v) is 22.0. The number of anilines is 2. The van der Waals surface area contributed by atoms with Crippen molar-refractivity contribution in [3.63, 3.8) is 0 Å². The van der Waals surface area contributed by atoms with Gasteiger partial charge in [-0.3, -0.25) is 9.59 Å². The number of hydrogen-bond donors (Lipinski definition) is 2. The van der Waals surface area contributed by atoms with Crippen molar-refractivity contribution in [2.75, 3.05) is 65.5 Å². The van der Waals surface area contributed by atoms with E-state index in [1.54, 1.807) is 22.7 Å². The summed E-state index contributed by atoms with van der Waals surface area (Å²) in [5, 5.41) is 27.5. The van der Waals surface area contributed by atoms with Gasteiger partial charge < -0.3 is 20.4 Å². The van der Waals surface area contributed by atoms with Crippen LogP contribution in [0.2, 0.25) is 0 Å². The molecule has 72 heavy (non-hydrogen) atoms. The lowest BCUT2D eigenvalue weighted by Gasteiger charge is -2.38. The van der Waals surface area contributed by atoms with Gasteiger partial charge in [0, 0.05) is 72.1 Å². The number of nitrogens with zero attached hydrogens (tertiary/aromatic N) is 6. The van der Waals surface area contributed by atoms with Crippen LogP contribution in [0.4, 0.5) is 11.4 Å². The second-order valence-corrected chi connectivity index (χ2v) is 29.2. The fraction of sp³-hybridized carbons (Fsp3) is 0.593. The van der Waals surface area contributed by atoms with Gasteiger partial charge in [0.15, 0.2) is 19.7 Å². The standard InChI is InChI=1S/C54H68N8O6S4/c1-52(2,3)50-58-45(46(69-50)36-11-15-38(16-12-36)61-24-28-71(65,66)29-25-61)41-19-10-35(32-43(41)49(64)60-54(34-56)20-21-54)33-53(4,5)51-59-44(40-8-6-7-9-42(40)48(63)57-23-22-55)47(70-51)37-13-17-39(18-14-37)62-26-30-72(67,68)31-27-62/h11-18,35,40-43H,6-10,19-21,23-33H2,1-5H3,(H,57,63)(H,60,64). The maximum Gasteiger partial charge on any atom is 0.225 e. The Hall–Kier alpha value is -4.88. The number of thiazole rings is 2. The third kappa shape index (κ3) is 11.4. The van der Waals surface area contributed by atoms with Crippen molar-refractivity contribution < 1.29 is 26.4 Å². The van der Waals surface area contributed by atoms with Gasteiger partial charge in [0.1, 0.15) is 12.1 Å². The Morgan fingerprint density at radius 2 is 1.19 bits per heavy atom. The van der Waals surface area contributed by atoms with Crippen LogP contribution in [-0.4, -0.2) is 99.9 Å². The van der Waals surface area contributed by atoms with Crippen molar-refractivity contribution in [1.82, 2.24) is 20.6 Å². The highest BCUT2D eigenvalue weighted by Crippen LogP contribution is 2.52. The number of rotatable bonds is 13. The maximum absolute atomic E-state index is 14.8.